The molecule has 1 unspecified atom stereocenters. The van der Waals surface area contributed by atoms with Crippen LogP contribution in [0.1, 0.15) is 18.7 Å². The molecule has 0 aliphatic heterocycles. The Labute approximate surface area is 73.1 Å². The van der Waals surface area contributed by atoms with Crippen LogP contribution < -0.4 is 4.87 Å². The lowest BCUT2D eigenvalue weighted by molar-refractivity contribution is -0.140. The van der Waals surface area contributed by atoms with Crippen LogP contribution in [0.15, 0.2) is 10.2 Å². The molecule has 1 rings (SSSR count). The third-order valence-electron chi connectivity index (χ3n) is 1.65. The Bertz CT molecular complexity index is 352. The highest BCUT2D eigenvalue weighted by atomic mass is 32.1. The number of carboxylic acids is 1. The van der Waals surface area contributed by atoms with Crippen molar-refractivity contribution in [1.29, 1.82) is 0 Å². The molecule has 0 bridgehead atoms. The van der Waals surface area contributed by atoms with Crippen LogP contribution in [0.5, 0.6) is 0 Å². The van der Waals surface area contributed by atoms with Crippen LogP contribution in [0.4, 0.5) is 0 Å². The lowest BCUT2D eigenvalue weighted by atomic mass is 10.3. The molecule has 1 atom stereocenters. The van der Waals surface area contributed by atoms with Crippen molar-refractivity contribution in [3.63, 3.8) is 0 Å². The van der Waals surface area contributed by atoms with Crippen molar-refractivity contribution in [1.82, 2.24) is 4.57 Å². The second-order valence-electron chi connectivity index (χ2n) is 2.53. The van der Waals surface area contributed by atoms with Crippen molar-refractivity contribution >= 4 is 17.3 Å². The maximum absolute atomic E-state index is 11.1. The maximum atomic E-state index is 11.1. The molecule has 0 aliphatic rings. The lowest BCUT2D eigenvalue weighted by Gasteiger charge is -2.08. The number of carboxylic acid groups (broad SMARTS) is 1. The van der Waals surface area contributed by atoms with Crippen LogP contribution in [0.3, 0.4) is 0 Å². The molecule has 1 aromatic rings. The number of thiazole rings is 1. The van der Waals surface area contributed by atoms with Crippen molar-refractivity contribution in [3.05, 3.63) is 20.7 Å². The second-order valence-corrected chi connectivity index (χ2v) is 3.35. The highest BCUT2D eigenvalue weighted by Crippen LogP contribution is 2.08. The molecule has 1 N–H and O–H groups in total. The SMILES string of the molecule is Cc1csc(=O)n1C(C)C(=O)O. The Hall–Kier alpha value is -1.10. The van der Waals surface area contributed by atoms with E-state index in [9.17, 15) is 9.59 Å². The van der Waals surface area contributed by atoms with Gasteiger partial charge in [0.05, 0.1) is 0 Å². The number of aromatic nitrogens is 1. The molecule has 5 heteroatoms. The van der Waals surface area contributed by atoms with E-state index in [1.807, 2.05) is 0 Å². The van der Waals surface area contributed by atoms with Crippen LogP contribution in [-0.2, 0) is 4.79 Å². The third kappa shape index (κ3) is 1.40. The molecular weight excluding hydrogens is 178 g/mol. The number of hydrogen-bond donors (Lipinski definition) is 1. The summed E-state index contributed by atoms with van der Waals surface area (Å²) in [6.07, 6.45) is 0. The van der Waals surface area contributed by atoms with E-state index in [-0.39, 0.29) is 4.87 Å². The number of aryl methyl sites for hydroxylation is 1. The van der Waals surface area contributed by atoms with Gasteiger partial charge in [0.15, 0.2) is 0 Å². The van der Waals surface area contributed by atoms with Gasteiger partial charge in [-0.15, -0.1) is 0 Å². The first-order valence-electron chi connectivity index (χ1n) is 3.43. The Balaban J connectivity index is 3.18. The van der Waals surface area contributed by atoms with Gasteiger partial charge in [0, 0.05) is 11.1 Å². The number of rotatable bonds is 2. The molecule has 66 valence electrons. The van der Waals surface area contributed by atoms with E-state index >= 15 is 0 Å². The molecular formula is C7H9NO3S. The monoisotopic (exact) mass is 187 g/mol. The van der Waals surface area contributed by atoms with E-state index in [4.69, 9.17) is 5.11 Å². The summed E-state index contributed by atoms with van der Waals surface area (Å²) in [5.74, 6) is -0.987. The molecule has 1 aromatic heterocycles. The largest absolute Gasteiger partial charge is 0.480 e. The number of hydrogen-bond acceptors (Lipinski definition) is 3. The van der Waals surface area contributed by atoms with Crippen molar-refractivity contribution < 1.29 is 9.90 Å². The summed E-state index contributed by atoms with van der Waals surface area (Å²) >= 11 is 1.02. The number of nitrogens with zero attached hydrogens (tertiary/aromatic N) is 1. The summed E-state index contributed by atoms with van der Waals surface area (Å²) in [4.78, 5) is 21.4. The van der Waals surface area contributed by atoms with Gasteiger partial charge >= 0.3 is 10.8 Å². The van der Waals surface area contributed by atoms with E-state index in [0.29, 0.717) is 5.69 Å². The molecule has 4 nitrogen and oxygen atoms in total. The van der Waals surface area contributed by atoms with Gasteiger partial charge < -0.3 is 5.11 Å². The molecule has 0 aromatic carbocycles. The fourth-order valence-electron chi connectivity index (χ4n) is 0.967. The summed E-state index contributed by atoms with van der Waals surface area (Å²) < 4.78 is 1.27. The normalized spacial score (nSPS) is 12.8. The fourth-order valence-corrected chi connectivity index (χ4v) is 1.77. The van der Waals surface area contributed by atoms with Gasteiger partial charge in [0.25, 0.3) is 0 Å². The van der Waals surface area contributed by atoms with E-state index in [1.54, 1.807) is 12.3 Å². The maximum Gasteiger partial charge on any atom is 0.326 e. The summed E-state index contributed by atoms with van der Waals surface area (Å²) in [6.45, 7) is 3.21. The molecule has 1 heterocycles. The highest BCUT2D eigenvalue weighted by molar-refractivity contribution is 7.07. The molecule has 0 radical (unpaired) electrons. The standard InChI is InChI=1S/C7H9NO3S/c1-4-3-12-7(11)8(4)5(2)6(9)10/h3,5H,1-2H3,(H,9,10). The molecule has 0 saturated carbocycles. The topological polar surface area (TPSA) is 59.3 Å². The van der Waals surface area contributed by atoms with Crippen molar-refractivity contribution in [3.8, 4) is 0 Å². The Morgan fingerprint density at radius 3 is 2.67 bits per heavy atom. The number of carbonyl (C=O) groups is 1. The average Bonchev–Trinajstić information content (AvgIpc) is 2.30. The third-order valence-corrected chi connectivity index (χ3v) is 2.51. The van der Waals surface area contributed by atoms with Gasteiger partial charge in [0.2, 0.25) is 0 Å². The number of aliphatic carboxylic acids is 1. The minimum Gasteiger partial charge on any atom is -0.480 e. The summed E-state index contributed by atoms with van der Waals surface area (Å²) in [5.41, 5.74) is 0.694. The van der Waals surface area contributed by atoms with Crippen molar-refractivity contribution in [2.75, 3.05) is 0 Å². The minimum absolute atomic E-state index is 0.220. The van der Waals surface area contributed by atoms with E-state index in [0.717, 1.165) is 11.3 Å². The van der Waals surface area contributed by atoms with E-state index in [2.05, 4.69) is 0 Å². The zero-order valence-electron chi connectivity index (χ0n) is 6.77. The van der Waals surface area contributed by atoms with Gasteiger partial charge in [-0.1, -0.05) is 11.3 Å². The summed E-state index contributed by atoms with van der Waals surface area (Å²) in [6, 6.07) is -0.774. The molecule has 0 amide bonds. The Morgan fingerprint density at radius 1 is 1.75 bits per heavy atom. The lowest BCUT2D eigenvalue weighted by Crippen LogP contribution is -2.24. The van der Waals surface area contributed by atoms with Gasteiger partial charge in [0.1, 0.15) is 6.04 Å². The summed E-state index contributed by atoms with van der Waals surface area (Å²) in [7, 11) is 0. The van der Waals surface area contributed by atoms with Crippen molar-refractivity contribution in [2.24, 2.45) is 0 Å². The zero-order chi connectivity index (χ0) is 9.30. The second kappa shape index (κ2) is 3.10. The predicted molar refractivity (Wildman–Crippen MR) is 45.7 cm³/mol. The van der Waals surface area contributed by atoms with E-state index < -0.39 is 12.0 Å². The predicted octanol–water partition coefficient (Wildman–Crippen LogP) is 0.864. The first-order chi connectivity index (χ1) is 5.54. The average molecular weight is 187 g/mol. The first kappa shape index (κ1) is 8.99. The summed E-state index contributed by atoms with van der Waals surface area (Å²) in [5, 5.41) is 10.3. The van der Waals surface area contributed by atoms with Crippen LogP contribution in [-0.4, -0.2) is 15.6 Å². The molecule has 0 spiro atoms. The zero-order valence-corrected chi connectivity index (χ0v) is 7.59. The van der Waals surface area contributed by atoms with Crippen LogP contribution in [0.25, 0.3) is 0 Å². The van der Waals surface area contributed by atoms with Crippen molar-refractivity contribution in [2.45, 2.75) is 19.9 Å². The van der Waals surface area contributed by atoms with Gasteiger partial charge in [-0.2, -0.15) is 0 Å². The molecule has 0 aliphatic carbocycles. The molecule has 0 fully saturated rings. The van der Waals surface area contributed by atoms with E-state index in [1.165, 1.54) is 11.5 Å². The van der Waals surface area contributed by atoms with Gasteiger partial charge in [-0.25, -0.2) is 4.79 Å². The smallest absolute Gasteiger partial charge is 0.326 e. The first-order valence-corrected chi connectivity index (χ1v) is 4.31. The highest BCUT2D eigenvalue weighted by Gasteiger charge is 2.16. The Morgan fingerprint density at radius 2 is 2.33 bits per heavy atom. The molecule has 12 heavy (non-hydrogen) atoms. The van der Waals surface area contributed by atoms with Gasteiger partial charge in [-0.3, -0.25) is 9.36 Å². The van der Waals surface area contributed by atoms with Crippen LogP contribution in [0.2, 0.25) is 0 Å². The quantitative estimate of drug-likeness (QED) is 0.747. The van der Waals surface area contributed by atoms with Crippen LogP contribution >= 0.6 is 11.3 Å². The Kier molecular flexibility index (Phi) is 2.32. The minimum atomic E-state index is -0.987. The molecule has 0 saturated heterocycles. The van der Waals surface area contributed by atoms with Crippen LogP contribution in [0, 0.1) is 6.92 Å². The fraction of sp³-hybridized carbons (Fsp3) is 0.429. The van der Waals surface area contributed by atoms with Gasteiger partial charge in [-0.05, 0) is 13.8 Å².